The Labute approximate surface area is 303 Å². The van der Waals surface area contributed by atoms with Gasteiger partial charge in [0.05, 0.1) is 28.9 Å². The first-order valence-corrected chi connectivity index (χ1v) is 19.8. The van der Waals surface area contributed by atoms with Crippen LogP contribution < -0.4 is 10.6 Å². The molecular weight excluding hydrogens is 648 g/mol. The number of nitrogens with one attached hydrogen (secondary N) is 2. The molecule has 4 fully saturated rings. The summed E-state index contributed by atoms with van der Waals surface area (Å²) in [7, 11) is 0. The van der Waals surface area contributed by atoms with Crippen LogP contribution >= 0.6 is 0 Å². The summed E-state index contributed by atoms with van der Waals surface area (Å²) < 4.78 is 12.0. The van der Waals surface area contributed by atoms with Crippen LogP contribution in [0.1, 0.15) is 144 Å². The summed E-state index contributed by atoms with van der Waals surface area (Å²) in [6.07, 6.45) is 6.88. The van der Waals surface area contributed by atoms with E-state index in [0.717, 1.165) is 76.2 Å². The topological polar surface area (TPSA) is 158 Å². The molecule has 1 aliphatic heterocycles. The fraction of sp³-hybridized carbons (Fsp3) is 0.756. The molecule has 10 heteroatoms. The SMILES string of the molecule is CCCCNC(=O)c1ccc([C@H]2CC[C@]3(O)[C@@H]4CCC5=C[C@@H](O[C@@H]6O[C@@H](C)[C@H](O)[C@@H](O)[C@H]6O)CC[C@]5(C)[C@H]4CC[C@]23C)cc1C(=O)NCCCC. The van der Waals surface area contributed by atoms with E-state index < -0.39 is 36.3 Å². The molecule has 4 aliphatic carbocycles. The molecule has 0 unspecified atom stereocenters. The van der Waals surface area contributed by atoms with Crippen molar-refractivity contribution in [2.75, 3.05) is 13.1 Å². The van der Waals surface area contributed by atoms with E-state index in [1.54, 1.807) is 6.92 Å². The van der Waals surface area contributed by atoms with Crippen molar-refractivity contribution in [3.8, 4) is 0 Å². The molecule has 0 spiro atoms. The molecule has 1 heterocycles. The first-order valence-electron chi connectivity index (χ1n) is 19.8. The minimum absolute atomic E-state index is 0.0647. The van der Waals surface area contributed by atoms with Gasteiger partial charge in [-0.2, -0.15) is 0 Å². The van der Waals surface area contributed by atoms with Gasteiger partial charge in [-0.05, 0) is 112 Å². The van der Waals surface area contributed by atoms with Gasteiger partial charge < -0.3 is 40.5 Å². The number of hydrogen-bond acceptors (Lipinski definition) is 8. The van der Waals surface area contributed by atoms with Crippen molar-refractivity contribution < 1.29 is 39.5 Å². The fourth-order valence-corrected chi connectivity index (χ4v) is 10.7. The maximum Gasteiger partial charge on any atom is 0.252 e. The third kappa shape index (κ3) is 6.82. The number of hydrogen-bond donors (Lipinski definition) is 6. The number of carbonyl (C=O) groups excluding carboxylic acids is 2. The molecule has 1 aromatic carbocycles. The molecule has 0 radical (unpaired) electrons. The van der Waals surface area contributed by atoms with Gasteiger partial charge in [-0.1, -0.05) is 58.3 Å². The van der Waals surface area contributed by atoms with E-state index >= 15 is 0 Å². The van der Waals surface area contributed by atoms with Gasteiger partial charge in [0.1, 0.15) is 18.3 Å². The molecule has 284 valence electrons. The van der Waals surface area contributed by atoms with Crippen LogP contribution in [0.5, 0.6) is 0 Å². The van der Waals surface area contributed by atoms with Gasteiger partial charge in [-0.25, -0.2) is 0 Å². The van der Waals surface area contributed by atoms with Crippen LogP contribution in [0.3, 0.4) is 0 Å². The maximum atomic E-state index is 13.5. The molecule has 6 rings (SSSR count). The van der Waals surface area contributed by atoms with E-state index in [-0.39, 0.29) is 40.6 Å². The van der Waals surface area contributed by atoms with Crippen LogP contribution in [0.2, 0.25) is 0 Å². The Hall–Kier alpha value is -2.34. The number of allylic oxidation sites excluding steroid dienone is 1. The van der Waals surface area contributed by atoms with Gasteiger partial charge in [-0.3, -0.25) is 9.59 Å². The number of rotatable bonds is 11. The lowest BCUT2D eigenvalue weighted by atomic mass is 9.45. The molecule has 10 nitrogen and oxygen atoms in total. The van der Waals surface area contributed by atoms with E-state index in [1.807, 2.05) is 18.2 Å². The summed E-state index contributed by atoms with van der Waals surface area (Å²) >= 11 is 0. The van der Waals surface area contributed by atoms with E-state index in [0.29, 0.717) is 36.6 Å². The molecule has 5 aliphatic rings. The number of ether oxygens (including phenoxy) is 2. The average molecular weight is 711 g/mol. The predicted octanol–water partition coefficient (Wildman–Crippen LogP) is 5.12. The molecule has 6 N–H and O–H groups in total. The van der Waals surface area contributed by atoms with Crippen LogP contribution in [-0.4, -0.2) is 87.7 Å². The number of fused-ring (bicyclic) bond motifs is 5. The maximum absolute atomic E-state index is 13.5. The highest BCUT2D eigenvalue weighted by Crippen LogP contribution is 2.70. The Balaban J connectivity index is 1.21. The third-order valence-corrected chi connectivity index (χ3v) is 13.9. The van der Waals surface area contributed by atoms with Gasteiger partial charge in [0.2, 0.25) is 0 Å². The van der Waals surface area contributed by atoms with Crippen LogP contribution in [-0.2, 0) is 9.47 Å². The van der Waals surface area contributed by atoms with Crippen molar-refractivity contribution in [3.63, 3.8) is 0 Å². The highest BCUT2D eigenvalue weighted by atomic mass is 16.7. The summed E-state index contributed by atoms with van der Waals surface area (Å²) in [5, 5.41) is 49.9. The number of amides is 2. The number of aliphatic hydroxyl groups excluding tert-OH is 3. The lowest BCUT2D eigenvalue weighted by molar-refractivity contribution is -0.301. The van der Waals surface area contributed by atoms with Gasteiger partial charge in [0.25, 0.3) is 11.8 Å². The lowest BCUT2D eigenvalue weighted by Gasteiger charge is -2.62. The standard InChI is InChI=1S/C41H62N2O8/c1-6-8-20-42-36(47)28-12-10-25(22-29(28)37(48)43-21-9-7-2)30-16-19-41(49)32-13-11-26-23-27(51-38-35(46)34(45)33(44)24(3)50-38)14-17-39(26,4)31(32)15-18-40(30,41)5/h10,12,22-24,27,30-35,38,44-46,49H,6-9,11,13-21H2,1-5H3,(H,42,47)(H,43,48)/t24-,27-,30+,31-,32+,33-,34+,35+,38-,39-,40+,41-/m0/s1. The average Bonchev–Trinajstić information content (AvgIpc) is 3.40. The van der Waals surface area contributed by atoms with Crippen molar-refractivity contribution in [2.24, 2.45) is 22.7 Å². The van der Waals surface area contributed by atoms with E-state index in [4.69, 9.17) is 9.47 Å². The second kappa shape index (κ2) is 15.2. The third-order valence-electron chi connectivity index (χ3n) is 13.9. The largest absolute Gasteiger partial charge is 0.389 e. The van der Waals surface area contributed by atoms with Crippen LogP contribution in [0.4, 0.5) is 0 Å². The number of benzene rings is 1. The molecule has 2 amide bonds. The highest BCUT2D eigenvalue weighted by molar-refractivity contribution is 6.07. The molecule has 1 aromatic rings. The molecule has 12 atom stereocenters. The Morgan fingerprint density at radius 1 is 0.863 bits per heavy atom. The van der Waals surface area contributed by atoms with Crippen molar-refractivity contribution in [1.29, 1.82) is 0 Å². The van der Waals surface area contributed by atoms with Gasteiger partial charge in [0.15, 0.2) is 6.29 Å². The molecule has 0 aromatic heterocycles. The zero-order valence-corrected chi connectivity index (χ0v) is 31.3. The molecule has 3 saturated carbocycles. The Morgan fingerprint density at radius 3 is 2.24 bits per heavy atom. The fourth-order valence-electron chi connectivity index (χ4n) is 10.7. The lowest BCUT2D eigenvalue weighted by Crippen LogP contribution is -2.60. The second-order valence-electron chi connectivity index (χ2n) is 16.8. The number of aliphatic hydroxyl groups is 4. The van der Waals surface area contributed by atoms with Crippen molar-refractivity contribution in [2.45, 2.75) is 160 Å². The van der Waals surface area contributed by atoms with Crippen molar-refractivity contribution in [3.05, 3.63) is 46.5 Å². The minimum Gasteiger partial charge on any atom is -0.389 e. The molecular formula is C41H62N2O8. The smallest absolute Gasteiger partial charge is 0.252 e. The summed E-state index contributed by atoms with van der Waals surface area (Å²) in [6.45, 7) is 11.6. The van der Waals surface area contributed by atoms with Crippen LogP contribution in [0.15, 0.2) is 29.8 Å². The summed E-state index contributed by atoms with van der Waals surface area (Å²) in [6, 6.07) is 5.77. The molecule has 51 heavy (non-hydrogen) atoms. The van der Waals surface area contributed by atoms with Crippen LogP contribution in [0, 0.1) is 22.7 Å². The first-order chi connectivity index (χ1) is 24.3. The Kier molecular flexibility index (Phi) is 11.4. The second-order valence-corrected chi connectivity index (χ2v) is 16.8. The van der Waals surface area contributed by atoms with Gasteiger partial charge in [-0.15, -0.1) is 0 Å². The normalized spacial score (nSPS) is 40.4. The molecule has 1 saturated heterocycles. The van der Waals surface area contributed by atoms with Crippen LogP contribution in [0.25, 0.3) is 0 Å². The summed E-state index contributed by atoms with van der Waals surface area (Å²) in [4.78, 5) is 26.8. The Bertz CT molecular complexity index is 1470. The highest BCUT2D eigenvalue weighted by Gasteiger charge is 2.66. The van der Waals surface area contributed by atoms with Gasteiger partial charge >= 0.3 is 0 Å². The predicted molar refractivity (Wildman–Crippen MR) is 194 cm³/mol. The number of carbonyl (C=O) groups is 2. The van der Waals surface area contributed by atoms with E-state index in [9.17, 15) is 30.0 Å². The molecule has 0 bridgehead atoms. The van der Waals surface area contributed by atoms with Gasteiger partial charge in [0, 0.05) is 18.5 Å². The van der Waals surface area contributed by atoms with E-state index in [2.05, 4.69) is 44.4 Å². The Morgan fingerprint density at radius 2 is 1.55 bits per heavy atom. The summed E-state index contributed by atoms with van der Waals surface area (Å²) in [5.41, 5.74) is 1.88. The monoisotopic (exact) mass is 710 g/mol. The number of unbranched alkanes of at least 4 members (excludes halogenated alkanes) is 2. The van der Waals surface area contributed by atoms with E-state index in [1.165, 1.54) is 5.57 Å². The van der Waals surface area contributed by atoms with Crippen molar-refractivity contribution >= 4 is 11.8 Å². The first kappa shape index (κ1) is 38.4. The van der Waals surface area contributed by atoms with Crippen molar-refractivity contribution in [1.82, 2.24) is 10.6 Å². The minimum atomic E-state index is -1.33. The zero-order valence-electron chi connectivity index (χ0n) is 31.3. The quantitative estimate of drug-likeness (QED) is 0.137. The zero-order chi connectivity index (χ0) is 36.7. The summed E-state index contributed by atoms with van der Waals surface area (Å²) in [5.74, 6) is 0.0770.